The second kappa shape index (κ2) is 3.28. The molecule has 0 bridgehead atoms. The standard InChI is InChI=1S/C5H10ClNO/c6-7-5-2-1-3-8-4-5/h5,7H,1-4H2. The molecule has 2 nitrogen and oxygen atoms in total. The third-order valence-electron chi connectivity index (χ3n) is 1.31. The van der Waals surface area contributed by atoms with Gasteiger partial charge in [-0.15, -0.1) is 0 Å². The Kier molecular flexibility index (Phi) is 2.59. The summed E-state index contributed by atoms with van der Waals surface area (Å²) in [5, 5.41) is 0. The number of halogens is 1. The van der Waals surface area contributed by atoms with Crippen molar-refractivity contribution in [3.63, 3.8) is 0 Å². The van der Waals surface area contributed by atoms with E-state index in [1.165, 1.54) is 0 Å². The predicted molar refractivity (Wildman–Crippen MR) is 32.8 cm³/mol. The summed E-state index contributed by atoms with van der Waals surface area (Å²) in [7, 11) is 0. The zero-order valence-corrected chi connectivity index (χ0v) is 5.45. The first-order valence-electron chi connectivity index (χ1n) is 2.87. The van der Waals surface area contributed by atoms with E-state index in [0.717, 1.165) is 26.1 Å². The topological polar surface area (TPSA) is 21.3 Å². The highest BCUT2D eigenvalue weighted by atomic mass is 35.5. The first kappa shape index (κ1) is 6.33. The summed E-state index contributed by atoms with van der Waals surface area (Å²) < 4.78 is 5.13. The second-order valence-electron chi connectivity index (χ2n) is 2.02. The van der Waals surface area contributed by atoms with Crippen molar-refractivity contribution in [3.8, 4) is 0 Å². The molecule has 0 radical (unpaired) electrons. The van der Waals surface area contributed by atoms with Crippen LogP contribution in [0.1, 0.15) is 12.8 Å². The fourth-order valence-corrected chi connectivity index (χ4v) is 0.999. The van der Waals surface area contributed by atoms with Crippen LogP contribution in [0.4, 0.5) is 0 Å². The number of ether oxygens (including phenoxy) is 1. The van der Waals surface area contributed by atoms with Crippen molar-refractivity contribution in [1.29, 1.82) is 0 Å². The molecule has 1 aliphatic rings. The Morgan fingerprint density at radius 3 is 2.88 bits per heavy atom. The van der Waals surface area contributed by atoms with Crippen LogP contribution in [0, 0.1) is 0 Å². The molecule has 0 amide bonds. The van der Waals surface area contributed by atoms with Gasteiger partial charge in [0.05, 0.1) is 6.61 Å². The molecule has 1 fully saturated rings. The van der Waals surface area contributed by atoms with Gasteiger partial charge in [0.15, 0.2) is 0 Å². The van der Waals surface area contributed by atoms with Crippen molar-refractivity contribution in [3.05, 3.63) is 0 Å². The van der Waals surface area contributed by atoms with Crippen LogP contribution in [-0.2, 0) is 4.74 Å². The first-order chi connectivity index (χ1) is 3.93. The largest absolute Gasteiger partial charge is 0.380 e. The number of nitrogens with one attached hydrogen (secondary N) is 1. The fraction of sp³-hybridized carbons (Fsp3) is 1.00. The lowest BCUT2D eigenvalue weighted by Gasteiger charge is -2.19. The number of hydrogen-bond donors (Lipinski definition) is 1. The molecule has 1 N–H and O–H groups in total. The molecular weight excluding hydrogens is 126 g/mol. The predicted octanol–water partition coefficient (Wildman–Crippen LogP) is 0.909. The Balaban J connectivity index is 2.13. The minimum absolute atomic E-state index is 0.380. The van der Waals surface area contributed by atoms with E-state index in [2.05, 4.69) is 4.84 Å². The van der Waals surface area contributed by atoms with E-state index < -0.39 is 0 Å². The lowest BCUT2D eigenvalue weighted by molar-refractivity contribution is 0.0777. The van der Waals surface area contributed by atoms with Crippen LogP contribution in [0.25, 0.3) is 0 Å². The molecule has 1 aliphatic heterocycles. The summed E-state index contributed by atoms with van der Waals surface area (Å²) in [5.74, 6) is 0. The van der Waals surface area contributed by atoms with Gasteiger partial charge in [-0.3, -0.25) is 0 Å². The summed E-state index contributed by atoms with van der Waals surface area (Å²) in [6, 6.07) is 0.380. The summed E-state index contributed by atoms with van der Waals surface area (Å²) in [6.45, 7) is 1.67. The van der Waals surface area contributed by atoms with E-state index >= 15 is 0 Å². The van der Waals surface area contributed by atoms with Crippen LogP contribution in [0.15, 0.2) is 0 Å². The van der Waals surface area contributed by atoms with E-state index in [1.54, 1.807) is 0 Å². The third kappa shape index (κ3) is 1.62. The lowest BCUT2D eigenvalue weighted by Crippen LogP contribution is -2.30. The van der Waals surface area contributed by atoms with Crippen molar-refractivity contribution < 1.29 is 4.74 Å². The molecule has 0 saturated carbocycles. The van der Waals surface area contributed by atoms with E-state index in [9.17, 15) is 0 Å². The Labute approximate surface area is 54.3 Å². The second-order valence-corrected chi connectivity index (χ2v) is 2.24. The van der Waals surface area contributed by atoms with Crippen LogP contribution in [-0.4, -0.2) is 19.3 Å². The maximum absolute atomic E-state index is 5.35. The van der Waals surface area contributed by atoms with Crippen molar-refractivity contribution in [1.82, 2.24) is 4.84 Å². The molecular formula is C5H10ClNO. The average Bonchev–Trinajstić information content (AvgIpc) is 1.90. The highest BCUT2D eigenvalue weighted by Gasteiger charge is 2.10. The molecule has 0 aromatic heterocycles. The molecule has 0 aromatic rings. The Morgan fingerprint density at radius 1 is 1.62 bits per heavy atom. The molecule has 1 heterocycles. The molecule has 0 aromatic carbocycles. The Morgan fingerprint density at radius 2 is 2.50 bits per heavy atom. The fourth-order valence-electron chi connectivity index (χ4n) is 0.827. The molecule has 1 atom stereocenters. The summed E-state index contributed by atoms with van der Waals surface area (Å²) in [5.41, 5.74) is 0. The number of hydrogen-bond acceptors (Lipinski definition) is 2. The van der Waals surface area contributed by atoms with Crippen LogP contribution in [0.5, 0.6) is 0 Å². The van der Waals surface area contributed by atoms with Gasteiger partial charge < -0.3 is 4.74 Å². The van der Waals surface area contributed by atoms with Crippen molar-refractivity contribution in [2.75, 3.05) is 13.2 Å². The molecule has 1 rings (SSSR count). The molecule has 3 heteroatoms. The molecule has 0 spiro atoms. The van der Waals surface area contributed by atoms with E-state index in [-0.39, 0.29) is 0 Å². The van der Waals surface area contributed by atoms with Crippen LogP contribution in [0.2, 0.25) is 0 Å². The normalized spacial score (nSPS) is 30.4. The maximum Gasteiger partial charge on any atom is 0.0632 e. The van der Waals surface area contributed by atoms with E-state index in [0.29, 0.717) is 6.04 Å². The third-order valence-corrected chi connectivity index (χ3v) is 1.62. The zero-order chi connectivity index (χ0) is 5.82. The van der Waals surface area contributed by atoms with E-state index in [4.69, 9.17) is 16.5 Å². The first-order valence-corrected chi connectivity index (χ1v) is 3.25. The highest BCUT2D eigenvalue weighted by Crippen LogP contribution is 2.05. The summed E-state index contributed by atoms with van der Waals surface area (Å²) >= 11 is 5.35. The van der Waals surface area contributed by atoms with Gasteiger partial charge in [-0.2, -0.15) is 0 Å². The quantitative estimate of drug-likeness (QED) is 0.540. The van der Waals surface area contributed by atoms with Gasteiger partial charge in [-0.05, 0) is 24.6 Å². The Hall–Kier alpha value is 0.210. The molecule has 0 aliphatic carbocycles. The number of rotatable bonds is 1. The van der Waals surface area contributed by atoms with Crippen molar-refractivity contribution in [2.45, 2.75) is 18.9 Å². The molecule has 1 saturated heterocycles. The summed E-state index contributed by atoms with van der Waals surface area (Å²) in [4.78, 5) is 2.65. The van der Waals surface area contributed by atoms with Crippen LogP contribution < -0.4 is 4.84 Å². The Bertz CT molecular complexity index is 63.4. The maximum atomic E-state index is 5.35. The molecule has 48 valence electrons. The molecule has 8 heavy (non-hydrogen) atoms. The van der Waals surface area contributed by atoms with Gasteiger partial charge in [-0.1, -0.05) is 0 Å². The minimum Gasteiger partial charge on any atom is -0.380 e. The van der Waals surface area contributed by atoms with Gasteiger partial charge in [0.1, 0.15) is 0 Å². The van der Waals surface area contributed by atoms with Crippen LogP contribution >= 0.6 is 11.8 Å². The monoisotopic (exact) mass is 135 g/mol. The van der Waals surface area contributed by atoms with Crippen LogP contribution in [0.3, 0.4) is 0 Å². The highest BCUT2D eigenvalue weighted by molar-refractivity contribution is 6.13. The van der Waals surface area contributed by atoms with E-state index in [1.807, 2.05) is 0 Å². The summed E-state index contributed by atoms with van der Waals surface area (Å²) in [6.07, 6.45) is 2.27. The lowest BCUT2D eigenvalue weighted by atomic mass is 10.1. The van der Waals surface area contributed by atoms with Gasteiger partial charge in [-0.25, -0.2) is 4.84 Å². The minimum atomic E-state index is 0.380. The SMILES string of the molecule is ClNC1CCCOC1. The van der Waals surface area contributed by atoms with Gasteiger partial charge in [0.25, 0.3) is 0 Å². The average molecular weight is 136 g/mol. The van der Waals surface area contributed by atoms with Gasteiger partial charge in [0.2, 0.25) is 0 Å². The van der Waals surface area contributed by atoms with Gasteiger partial charge in [0, 0.05) is 12.6 Å². The van der Waals surface area contributed by atoms with Gasteiger partial charge >= 0.3 is 0 Å². The zero-order valence-electron chi connectivity index (χ0n) is 4.69. The smallest absolute Gasteiger partial charge is 0.0632 e. The van der Waals surface area contributed by atoms with Crippen molar-refractivity contribution >= 4 is 11.8 Å². The molecule has 1 unspecified atom stereocenters. The van der Waals surface area contributed by atoms with Crippen molar-refractivity contribution in [2.24, 2.45) is 0 Å².